The van der Waals surface area contributed by atoms with E-state index in [1.807, 2.05) is 78.9 Å². The SMILES string of the molecule is O=C(NCc1ccco1)[C@H](c1ccccc1)N(Cc1ccccc1)C(=O)COc1ccccc1. The van der Waals surface area contributed by atoms with Crippen LogP contribution in [0.3, 0.4) is 0 Å². The highest BCUT2D eigenvalue weighted by atomic mass is 16.5. The van der Waals surface area contributed by atoms with E-state index >= 15 is 0 Å². The van der Waals surface area contributed by atoms with E-state index < -0.39 is 6.04 Å². The Bertz CT molecular complexity index is 1160. The van der Waals surface area contributed by atoms with E-state index in [4.69, 9.17) is 9.15 Å². The molecule has 0 spiro atoms. The predicted octanol–water partition coefficient (Wildman–Crippen LogP) is 4.74. The van der Waals surface area contributed by atoms with Gasteiger partial charge in [-0.25, -0.2) is 0 Å². The lowest BCUT2D eigenvalue weighted by molar-refractivity contribution is -0.143. The first-order chi connectivity index (χ1) is 16.7. The Morgan fingerprint density at radius 1 is 0.824 bits per heavy atom. The van der Waals surface area contributed by atoms with Crippen molar-refractivity contribution in [2.45, 2.75) is 19.1 Å². The molecule has 0 fully saturated rings. The minimum Gasteiger partial charge on any atom is -0.484 e. The number of hydrogen-bond donors (Lipinski definition) is 1. The summed E-state index contributed by atoms with van der Waals surface area (Å²) in [5.41, 5.74) is 1.62. The maximum Gasteiger partial charge on any atom is 0.261 e. The van der Waals surface area contributed by atoms with Crippen molar-refractivity contribution in [3.05, 3.63) is 126 Å². The van der Waals surface area contributed by atoms with Gasteiger partial charge in [-0.3, -0.25) is 9.59 Å². The average molecular weight is 455 g/mol. The third-order valence-corrected chi connectivity index (χ3v) is 5.31. The van der Waals surface area contributed by atoms with Crippen LogP contribution >= 0.6 is 0 Å². The van der Waals surface area contributed by atoms with E-state index in [9.17, 15) is 9.59 Å². The Kier molecular flexibility index (Phi) is 7.74. The summed E-state index contributed by atoms with van der Waals surface area (Å²) in [7, 11) is 0. The second kappa shape index (κ2) is 11.5. The van der Waals surface area contributed by atoms with Crippen LogP contribution in [0.2, 0.25) is 0 Å². The van der Waals surface area contributed by atoms with Crippen LogP contribution in [0.15, 0.2) is 114 Å². The van der Waals surface area contributed by atoms with Crippen LogP contribution in [-0.2, 0) is 22.7 Å². The molecule has 172 valence electrons. The number of nitrogens with one attached hydrogen (secondary N) is 1. The molecular formula is C28H26N2O4. The van der Waals surface area contributed by atoms with Crippen LogP contribution in [-0.4, -0.2) is 23.3 Å². The van der Waals surface area contributed by atoms with Gasteiger partial charge in [-0.1, -0.05) is 78.9 Å². The van der Waals surface area contributed by atoms with Crippen molar-refractivity contribution in [2.75, 3.05) is 6.61 Å². The summed E-state index contributed by atoms with van der Waals surface area (Å²) >= 11 is 0. The molecule has 6 heteroatoms. The maximum absolute atomic E-state index is 13.5. The molecule has 0 aliphatic rings. The van der Waals surface area contributed by atoms with E-state index in [1.165, 1.54) is 0 Å². The zero-order valence-electron chi connectivity index (χ0n) is 18.7. The first-order valence-corrected chi connectivity index (χ1v) is 11.1. The lowest BCUT2D eigenvalue weighted by Gasteiger charge is -2.31. The fourth-order valence-electron chi connectivity index (χ4n) is 3.64. The monoisotopic (exact) mass is 454 g/mol. The zero-order valence-corrected chi connectivity index (χ0v) is 18.7. The minimum absolute atomic E-state index is 0.189. The van der Waals surface area contributed by atoms with Crippen molar-refractivity contribution in [3.8, 4) is 5.75 Å². The van der Waals surface area contributed by atoms with Crippen LogP contribution in [0.25, 0.3) is 0 Å². The summed E-state index contributed by atoms with van der Waals surface area (Å²) in [6.07, 6.45) is 1.56. The molecule has 4 rings (SSSR count). The fourth-order valence-corrected chi connectivity index (χ4v) is 3.64. The van der Waals surface area contributed by atoms with Crippen molar-refractivity contribution >= 4 is 11.8 Å². The summed E-state index contributed by atoms with van der Waals surface area (Å²) in [4.78, 5) is 28.5. The molecule has 4 aromatic rings. The Balaban J connectivity index is 1.61. The summed E-state index contributed by atoms with van der Waals surface area (Å²) < 4.78 is 11.1. The van der Waals surface area contributed by atoms with E-state index in [-0.39, 0.29) is 31.5 Å². The van der Waals surface area contributed by atoms with Gasteiger partial charge in [-0.05, 0) is 35.4 Å². The summed E-state index contributed by atoms with van der Waals surface area (Å²) in [5, 5.41) is 2.91. The highest BCUT2D eigenvalue weighted by Gasteiger charge is 2.31. The zero-order chi connectivity index (χ0) is 23.6. The summed E-state index contributed by atoms with van der Waals surface area (Å²) in [6.45, 7) is 0.292. The standard InChI is InChI=1S/C28H26N2O4/c31-26(21-34-24-15-8-3-9-16-24)30(20-22-11-4-1-5-12-22)27(23-13-6-2-7-14-23)28(32)29-19-25-17-10-18-33-25/h1-18,27H,19-21H2,(H,29,32)/t27-/m0/s1. The highest BCUT2D eigenvalue weighted by molar-refractivity contribution is 5.89. The topological polar surface area (TPSA) is 71.8 Å². The summed E-state index contributed by atoms with van der Waals surface area (Å²) in [5.74, 6) is 0.629. The molecule has 1 heterocycles. The molecule has 0 saturated heterocycles. The van der Waals surface area contributed by atoms with Gasteiger partial charge in [0.25, 0.3) is 5.91 Å². The first kappa shape index (κ1) is 22.9. The third-order valence-electron chi connectivity index (χ3n) is 5.31. The van der Waals surface area contributed by atoms with Gasteiger partial charge in [-0.2, -0.15) is 0 Å². The first-order valence-electron chi connectivity index (χ1n) is 11.1. The number of furan rings is 1. The number of rotatable bonds is 10. The highest BCUT2D eigenvalue weighted by Crippen LogP contribution is 2.24. The molecule has 0 bridgehead atoms. The fraction of sp³-hybridized carbons (Fsp3) is 0.143. The number of amides is 2. The van der Waals surface area contributed by atoms with E-state index in [0.29, 0.717) is 17.1 Å². The second-order valence-electron chi connectivity index (χ2n) is 7.72. The van der Waals surface area contributed by atoms with E-state index in [2.05, 4.69) is 5.32 Å². The van der Waals surface area contributed by atoms with Gasteiger partial charge in [0.1, 0.15) is 17.6 Å². The number of nitrogens with zero attached hydrogens (tertiary/aromatic N) is 1. The van der Waals surface area contributed by atoms with Crippen molar-refractivity contribution in [3.63, 3.8) is 0 Å². The second-order valence-corrected chi connectivity index (χ2v) is 7.72. The van der Waals surface area contributed by atoms with Crippen LogP contribution in [0, 0.1) is 0 Å². The Hall–Kier alpha value is -4.32. The average Bonchev–Trinajstić information content (AvgIpc) is 3.41. The van der Waals surface area contributed by atoms with Crippen LogP contribution < -0.4 is 10.1 Å². The van der Waals surface area contributed by atoms with Crippen LogP contribution in [0.1, 0.15) is 22.9 Å². The molecule has 2 amide bonds. The van der Waals surface area contributed by atoms with Crippen molar-refractivity contribution in [1.29, 1.82) is 0 Å². The Labute approximate surface area is 198 Å². The molecule has 34 heavy (non-hydrogen) atoms. The molecule has 1 atom stereocenters. The van der Waals surface area contributed by atoms with Crippen molar-refractivity contribution < 1.29 is 18.7 Å². The van der Waals surface area contributed by atoms with E-state index in [0.717, 1.165) is 5.56 Å². The van der Waals surface area contributed by atoms with Gasteiger partial charge < -0.3 is 19.4 Å². The molecule has 0 saturated carbocycles. The lowest BCUT2D eigenvalue weighted by atomic mass is 10.0. The van der Waals surface area contributed by atoms with Gasteiger partial charge in [0, 0.05) is 6.54 Å². The van der Waals surface area contributed by atoms with Gasteiger partial charge in [0.15, 0.2) is 6.61 Å². The molecule has 0 radical (unpaired) electrons. The Morgan fingerprint density at radius 3 is 2.12 bits per heavy atom. The lowest BCUT2D eigenvalue weighted by Crippen LogP contribution is -2.45. The maximum atomic E-state index is 13.5. The minimum atomic E-state index is -0.844. The van der Waals surface area contributed by atoms with Gasteiger partial charge >= 0.3 is 0 Å². The number of ether oxygens (including phenoxy) is 1. The Morgan fingerprint density at radius 2 is 1.47 bits per heavy atom. The number of para-hydroxylation sites is 1. The predicted molar refractivity (Wildman–Crippen MR) is 129 cm³/mol. The molecular weight excluding hydrogens is 428 g/mol. The molecule has 1 N–H and O–H groups in total. The molecule has 0 aliphatic heterocycles. The van der Waals surface area contributed by atoms with E-state index in [1.54, 1.807) is 35.4 Å². The quantitative estimate of drug-likeness (QED) is 0.376. The molecule has 3 aromatic carbocycles. The molecule has 0 unspecified atom stereocenters. The van der Waals surface area contributed by atoms with Gasteiger partial charge in [-0.15, -0.1) is 0 Å². The number of benzene rings is 3. The normalized spacial score (nSPS) is 11.4. The largest absolute Gasteiger partial charge is 0.484 e. The molecule has 6 nitrogen and oxygen atoms in total. The smallest absolute Gasteiger partial charge is 0.261 e. The number of carbonyl (C=O) groups excluding carboxylic acids is 2. The van der Waals surface area contributed by atoms with Crippen LogP contribution in [0.5, 0.6) is 5.75 Å². The summed E-state index contributed by atoms with van der Waals surface area (Å²) in [6, 6.07) is 30.7. The number of hydrogen-bond acceptors (Lipinski definition) is 4. The van der Waals surface area contributed by atoms with Gasteiger partial charge in [0.2, 0.25) is 5.91 Å². The number of carbonyl (C=O) groups is 2. The van der Waals surface area contributed by atoms with Crippen molar-refractivity contribution in [1.82, 2.24) is 10.2 Å². The van der Waals surface area contributed by atoms with Gasteiger partial charge in [0.05, 0.1) is 12.8 Å². The third kappa shape index (κ3) is 6.13. The molecule has 1 aromatic heterocycles. The van der Waals surface area contributed by atoms with Crippen LogP contribution in [0.4, 0.5) is 0 Å². The van der Waals surface area contributed by atoms with Crippen molar-refractivity contribution in [2.24, 2.45) is 0 Å². The molecule has 0 aliphatic carbocycles.